The maximum absolute atomic E-state index is 5.54. The molecular formula is C21H20N2O2. The highest BCUT2D eigenvalue weighted by Crippen LogP contribution is 2.32. The van der Waals surface area contributed by atoms with Gasteiger partial charge in [0.1, 0.15) is 5.75 Å². The van der Waals surface area contributed by atoms with E-state index in [4.69, 9.17) is 14.1 Å². The number of hydrogen-bond acceptors (Lipinski definition) is 4. The molecule has 25 heavy (non-hydrogen) atoms. The van der Waals surface area contributed by atoms with Crippen molar-refractivity contribution in [2.45, 2.75) is 26.2 Å². The van der Waals surface area contributed by atoms with E-state index in [1.165, 1.54) is 28.8 Å². The van der Waals surface area contributed by atoms with Crippen molar-refractivity contribution in [3.63, 3.8) is 0 Å². The quantitative estimate of drug-likeness (QED) is 0.675. The van der Waals surface area contributed by atoms with E-state index in [0.717, 1.165) is 36.3 Å². The van der Waals surface area contributed by atoms with Crippen LogP contribution in [0, 0.1) is 0 Å². The molecule has 1 aromatic heterocycles. The summed E-state index contributed by atoms with van der Waals surface area (Å²) in [5, 5.41) is 0. The molecule has 0 bridgehead atoms. The minimum absolute atomic E-state index is 0.709. The zero-order chi connectivity index (χ0) is 17.2. The van der Waals surface area contributed by atoms with Crippen LogP contribution in [0.4, 0.5) is 5.69 Å². The topological polar surface area (TPSA) is 47.6 Å². The van der Waals surface area contributed by atoms with E-state index in [0.29, 0.717) is 5.76 Å². The SMILES string of the molecule is CCc1ccc2c(c1)CC(Cc1ccc(-c3cnco3)c(OC)c1)=N2. The summed E-state index contributed by atoms with van der Waals surface area (Å²) in [6, 6.07) is 12.8. The summed E-state index contributed by atoms with van der Waals surface area (Å²) < 4.78 is 10.9. The van der Waals surface area contributed by atoms with Crippen LogP contribution in [0.5, 0.6) is 5.75 Å². The van der Waals surface area contributed by atoms with Crippen LogP contribution in [-0.2, 0) is 19.3 Å². The van der Waals surface area contributed by atoms with Gasteiger partial charge in [-0.2, -0.15) is 0 Å². The number of aromatic nitrogens is 1. The zero-order valence-electron chi connectivity index (χ0n) is 14.5. The van der Waals surface area contributed by atoms with Gasteiger partial charge in [0.2, 0.25) is 0 Å². The second kappa shape index (κ2) is 6.55. The molecule has 2 heterocycles. The molecule has 0 N–H and O–H groups in total. The number of oxazole rings is 1. The van der Waals surface area contributed by atoms with Crippen LogP contribution in [0.2, 0.25) is 0 Å². The van der Waals surface area contributed by atoms with Gasteiger partial charge in [0, 0.05) is 18.6 Å². The van der Waals surface area contributed by atoms with Crippen LogP contribution in [0.1, 0.15) is 23.6 Å². The van der Waals surface area contributed by atoms with E-state index in [1.807, 2.05) is 6.07 Å². The molecule has 126 valence electrons. The molecule has 1 aliphatic heterocycles. The van der Waals surface area contributed by atoms with Crippen LogP contribution in [0.15, 0.2) is 58.4 Å². The number of aliphatic imine (C=N–C) groups is 1. The van der Waals surface area contributed by atoms with E-state index >= 15 is 0 Å². The lowest BCUT2D eigenvalue weighted by molar-refractivity contribution is 0.414. The normalized spacial score (nSPS) is 12.8. The molecule has 3 aromatic rings. The third-order valence-electron chi connectivity index (χ3n) is 4.60. The second-order valence-electron chi connectivity index (χ2n) is 6.25. The van der Waals surface area contributed by atoms with E-state index in [-0.39, 0.29) is 0 Å². The Hall–Kier alpha value is -2.88. The van der Waals surface area contributed by atoms with Gasteiger partial charge in [-0.25, -0.2) is 4.98 Å². The molecule has 0 unspecified atom stereocenters. The predicted octanol–water partition coefficient (Wildman–Crippen LogP) is 4.78. The highest BCUT2D eigenvalue weighted by Gasteiger charge is 2.16. The minimum atomic E-state index is 0.709. The summed E-state index contributed by atoms with van der Waals surface area (Å²) in [7, 11) is 1.67. The average molecular weight is 332 g/mol. The predicted molar refractivity (Wildman–Crippen MR) is 98.8 cm³/mol. The van der Waals surface area contributed by atoms with Crippen LogP contribution >= 0.6 is 0 Å². The van der Waals surface area contributed by atoms with Crippen molar-refractivity contribution in [1.82, 2.24) is 4.98 Å². The first-order chi connectivity index (χ1) is 12.3. The first-order valence-corrected chi connectivity index (χ1v) is 8.51. The number of hydrogen-bond donors (Lipinski definition) is 0. The van der Waals surface area contributed by atoms with Gasteiger partial charge in [-0.15, -0.1) is 0 Å². The van der Waals surface area contributed by atoms with Crippen LogP contribution in [-0.4, -0.2) is 17.8 Å². The molecule has 0 radical (unpaired) electrons. The first kappa shape index (κ1) is 15.6. The fraction of sp³-hybridized carbons (Fsp3) is 0.238. The number of benzene rings is 2. The maximum Gasteiger partial charge on any atom is 0.181 e. The van der Waals surface area contributed by atoms with Crippen molar-refractivity contribution >= 4 is 11.4 Å². The van der Waals surface area contributed by atoms with E-state index < -0.39 is 0 Å². The van der Waals surface area contributed by atoms with Crippen molar-refractivity contribution in [2.75, 3.05) is 7.11 Å². The summed E-state index contributed by atoms with van der Waals surface area (Å²) in [6.07, 6.45) is 5.93. The third kappa shape index (κ3) is 3.07. The molecule has 0 atom stereocenters. The molecule has 4 nitrogen and oxygen atoms in total. The molecular weight excluding hydrogens is 312 g/mol. The number of methoxy groups -OCH3 is 1. The lowest BCUT2D eigenvalue weighted by Gasteiger charge is -2.09. The molecule has 0 fully saturated rings. The highest BCUT2D eigenvalue weighted by atomic mass is 16.5. The van der Waals surface area contributed by atoms with Crippen molar-refractivity contribution < 1.29 is 9.15 Å². The lowest BCUT2D eigenvalue weighted by Crippen LogP contribution is -2.03. The Balaban J connectivity index is 1.56. The van der Waals surface area contributed by atoms with Gasteiger partial charge in [0.15, 0.2) is 12.2 Å². The Morgan fingerprint density at radius 2 is 2.00 bits per heavy atom. The molecule has 1 aliphatic rings. The van der Waals surface area contributed by atoms with Crippen molar-refractivity contribution in [3.05, 3.63) is 65.7 Å². The Kier molecular flexibility index (Phi) is 4.10. The largest absolute Gasteiger partial charge is 0.496 e. The standard InChI is InChI=1S/C21H20N2O2/c1-3-14-5-7-19-16(8-14)11-17(23-19)9-15-4-6-18(20(10-15)24-2)21-12-22-13-25-21/h4-8,10,12-13H,3,9,11H2,1-2H3. The molecule has 0 aliphatic carbocycles. The molecule has 2 aromatic carbocycles. The third-order valence-corrected chi connectivity index (χ3v) is 4.60. The molecule has 0 saturated heterocycles. The number of ether oxygens (including phenoxy) is 1. The van der Waals surface area contributed by atoms with Gasteiger partial charge >= 0.3 is 0 Å². The Bertz CT molecular complexity index is 927. The number of nitrogens with zero attached hydrogens (tertiary/aromatic N) is 2. The van der Waals surface area contributed by atoms with Crippen LogP contribution in [0.3, 0.4) is 0 Å². The van der Waals surface area contributed by atoms with Gasteiger partial charge in [0.25, 0.3) is 0 Å². The van der Waals surface area contributed by atoms with Crippen molar-refractivity contribution in [3.8, 4) is 17.1 Å². The maximum atomic E-state index is 5.54. The smallest absolute Gasteiger partial charge is 0.181 e. The molecule has 4 rings (SSSR count). The second-order valence-corrected chi connectivity index (χ2v) is 6.25. The fourth-order valence-corrected chi connectivity index (χ4v) is 3.27. The van der Waals surface area contributed by atoms with Crippen LogP contribution in [0.25, 0.3) is 11.3 Å². The number of aryl methyl sites for hydroxylation is 1. The average Bonchev–Trinajstić information content (AvgIpc) is 3.30. The first-order valence-electron chi connectivity index (χ1n) is 8.51. The van der Waals surface area contributed by atoms with Crippen LogP contribution < -0.4 is 4.74 Å². The van der Waals surface area contributed by atoms with Gasteiger partial charge in [-0.05, 0) is 41.3 Å². The minimum Gasteiger partial charge on any atom is -0.496 e. The Labute approximate surface area is 147 Å². The monoisotopic (exact) mass is 332 g/mol. The number of rotatable bonds is 5. The molecule has 4 heteroatoms. The summed E-state index contributed by atoms with van der Waals surface area (Å²) in [5.74, 6) is 1.50. The zero-order valence-corrected chi connectivity index (χ0v) is 14.5. The number of fused-ring (bicyclic) bond motifs is 1. The van der Waals surface area contributed by atoms with Crippen molar-refractivity contribution in [2.24, 2.45) is 4.99 Å². The summed E-state index contributed by atoms with van der Waals surface area (Å²) in [6.45, 7) is 2.18. The van der Waals surface area contributed by atoms with Gasteiger partial charge in [-0.3, -0.25) is 4.99 Å². The van der Waals surface area contributed by atoms with Gasteiger partial charge in [0.05, 0.1) is 24.6 Å². The summed E-state index contributed by atoms with van der Waals surface area (Å²) >= 11 is 0. The van der Waals surface area contributed by atoms with Gasteiger partial charge in [-0.1, -0.05) is 25.1 Å². The Morgan fingerprint density at radius 3 is 2.76 bits per heavy atom. The fourth-order valence-electron chi connectivity index (χ4n) is 3.27. The summed E-state index contributed by atoms with van der Waals surface area (Å²) in [5.41, 5.74) is 7.10. The van der Waals surface area contributed by atoms with E-state index in [9.17, 15) is 0 Å². The van der Waals surface area contributed by atoms with Crippen molar-refractivity contribution in [1.29, 1.82) is 0 Å². The Morgan fingerprint density at radius 1 is 1.12 bits per heavy atom. The van der Waals surface area contributed by atoms with E-state index in [1.54, 1.807) is 13.3 Å². The lowest BCUT2D eigenvalue weighted by atomic mass is 10.0. The summed E-state index contributed by atoms with van der Waals surface area (Å²) in [4.78, 5) is 8.77. The van der Waals surface area contributed by atoms with E-state index in [2.05, 4.69) is 42.2 Å². The molecule has 0 saturated carbocycles. The molecule has 0 amide bonds. The molecule has 0 spiro atoms. The highest BCUT2D eigenvalue weighted by molar-refractivity contribution is 5.95. The van der Waals surface area contributed by atoms with Gasteiger partial charge < -0.3 is 9.15 Å².